The van der Waals surface area contributed by atoms with Crippen molar-refractivity contribution in [3.63, 3.8) is 0 Å². The molecule has 0 aliphatic heterocycles. The third kappa shape index (κ3) is 4.23. The van der Waals surface area contributed by atoms with Gasteiger partial charge in [-0.15, -0.1) is 0 Å². The van der Waals surface area contributed by atoms with Gasteiger partial charge in [0.25, 0.3) is 5.91 Å². The molecule has 0 saturated carbocycles. The lowest BCUT2D eigenvalue weighted by Gasteiger charge is -2.08. The van der Waals surface area contributed by atoms with E-state index in [2.05, 4.69) is 10.4 Å². The highest BCUT2D eigenvalue weighted by molar-refractivity contribution is 6.33. The number of carbonyl (C=O) groups excluding carboxylic acids is 1. The van der Waals surface area contributed by atoms with E-state index in [-0.39, 0.29) is 29.8 Å². The molecule has 7 heteroatoms. The summed E-state index contributed by atoms with van der Waals surface area (Å²) >= 11 is 6.29. The van der Waals surface area contributed by atoms with Gasteiger partial charge in [0.2, 0.25) is 0 Å². The van der Waals surface area contributed by atoms with Crippen molar-refractivity contribution in [1.82, 2.24) is 15.1 Å². The molecule has 1 aromatic heterocycles. The molecule has 0 saturated heterocycles. The summed E-state index contributed by atoms with van der Waals surface area (Å²) in [4.78, 5) is 12.9. The van der Waals surface area contributed by atoms with Gasteiger partial charge in [-0.3, -0.25) is 4.79 Å². The molecular weight excluding hydrogens is 408 g/mol. The Morgan fingerprint density at radius 3 is 2.23 bits per heavy atom. The molecule has 1 N–H and O–H groups in total. The summed E-state index contributed by atoms with van der Waals surface area (Å²) in [7, 11) is 0. The number of rotatable bonds is 5. The zero-order chi connectivity index (χ0) is 21.1. The van der Waals surface area contributed by atoms with Crippen LogP contribution in [0.1, 0.15) is 16.1 Å². The van der Waals surface area contributed by atoms with Crippen LogP contribution in [0.4, 0.5) is 8.78 Å². The zero-order valence-corrected chi connectivity index (χ0v) is 16.4. The minimum absolute atomic E-state index is 0.217. The molecule has 0 unspecified atom stereocenters. The van der Waals surface area contributed by atoms with E-state index in [0.29, 0.717) is 22.0 Å². The lowest BCUT2D eigenvalue weighted by Crippen LogP contribution is -2.25. The minimum atomic E-state index is -0.389. The van der Waals surface area contributed by atoms with Crippen LogP contribution in [0.3, 0.4) is 0 Å². The maximum absolute atomic E-state index is 13.4. The van der Waals surface area contributed by atoms with Crippen LogP contribution in [-0.2, 0) is 6.54 Å². The molecular formula is C23H16ClF2N3O. The molecule has 0 spiro atoms. The average molecular weight is 424 g/mol. The van der Waals surface area contributed by atoms with Crippen molar-refractivity contribution in [2.45, 2.75) is 6.54 Å². The Hall–Kier alpha value is -3.51. The number of amides is 1. The summed E-state index contributed by atoms with van der Waals surface area (Å²) in [5.41, 5.74) is 2.73. The summed E-state index contributed by atoms with van der Waals surface area (Å²) in [5.74, 6) is -1.11. The van der Waals surface area contributed by atoms with Crippen molar-refractivity contribution >= 4 is 17.5 Å². The van der Waals surface area contributed by atoms with Crippen molar-refractivity contribution in [3.05, 3.63) is 107 Å². The molecule has 1 amide bonds. The van der Waals surface area contributed by atoms with E-state index in [4.69, 9.17) is 11.6 Å². The highest BCUT2D eigenvalue weighted by Gasteiger charge is 2.18. The molecule has 0 fully saturated rings. The normalized spacial score (nSPS) is 10.8. The number of halogens is 3. The Labute approximate surface area is 176 Å². The maximum Gasteiger partial charge on any atom is 0.270 e. The number of nitrogens with one attached hydrogen (secondary N) is 1. The highest BCUT2D eigenvalue weighted by atomic mass is 35.5. The molecule has 0 aliphatic carbocycles. The topological polar surface area (TPSA) is 46.9 Å². The summed E-state index contributed by atoms with van der Waals surface area (Å²) in [6, 6.07) is 20.3. The molecule has 150 valence electrons. The van der Waals surface area contributed by atoms with Gasteiger partial charge in [0.1, 0.15) is 17.3 Å². The number of aromatic nitrogens is 2. The van der Waals surface area contributed by atoms with E-state index >= 15 is 0 Å². The van der Waals surface area contributed by atoms with E-state index in [1.54, 1.807) is 36.4 Å². The SMILES string of the molecule is O=C(NCc1ccc(F)cc1)c1cc(-c2ccccc2Cl)nn1-c1ccc(F)cc1. The first-order chi connectivity index (χ1) is 14.5. The number of nitrogens with zero attached hydrogens (tertiary/aromatic N) is 2. The second-order valence-corrected chi connectivity index (χ2v) is 7.00. The average Bonchev–Trinajstić information content (AvgIpc) is 3.19. The van der Waals surface area contributed by atoms with Crippen LogP contribution in [0, 0.1) is 11.6 Å². The maximum atomic E-state index is 13.4. The summed E-state index contributed by atoms with van der Waals surface area (Å²) in [5, 5.41) is 7.83. The monoisotopic (exact) mass is 423 g/mol. The van der Waals surface area contributed by atoms with E-state index in [0.717, 1.165) is 5.56 Å². The fourth-order valence-electron chi connectivity index (χ4n) is 3.00. The number of carbonyl (C=O) groups is 1. The fraction of sp³-hybridized carbons (Fsp3) is 0.0435. The molecule has 0 radical (unpaired) electrons. The second-order valence-electron chi connectivity index (χ2n) is 6.59. The van der Waals surface area contributed by atoms with Crippen LogP contribution in [0.15, 0.2) is 78.9 Å². The van der Waals surface area contributed by atoms with Crippen LogP contribution in [0.2, 0.25) is 5.02 Å². The standard InChI is InChI=1S/C23H16ClF2N3O/c24-20-4-2-1-3-19(20)21-13-22(29(28-21)18-11-9-17(26)10-12-18)23(30)27-14-15-5-7-16(25)8-6-15/h1-13H,14H2,(H,27,30). The fourth-order valence-corrected chi connectivity index (χ4v) is 3.23. The molecule has 4 rings (SSSR count). The van der Waals surface area contributed by atoms with E-state index in [1.165, 1.54) is 41.1 Å². The first kappa shape index (κ1) is 19.8. The largest absolute Gasteiger partial charge is 0.347 e. The van der Waals surface area contributed by atoms with Gasteiger partial charge in [0, 0.05) is 12.1 Å². The Kier molecular flexibility index (Phi) is 5.59. The first-order valence-corrected chi connectivity index (χ1v) is 9.52. The predicted octanol–water partition coefficient (Wildman–Crippen LogP) is 5.40. The second kappa shape index (κ2) is 8.47. The number of benzene rings is 3. The Morgan fingerprint density at radius 1 is 0.933 bits per heavy atom. The van der Waals surface area contributed by atoms with Gasteiger partial charge in [-0.1, -0.05) is 41.9 Å². The number of hydrogen-bond acceptors (Lipinski definition) is 2. The molecule has 30 heavy (non-hydrogen) atoms. The van der Waals surface area contributed by atoms with Gasteiger partial charge < -0.3 is 5.32 Å². The summed E-state index contributed by atoms with van der Waals surface area (Å²) < 4.78 is 27.9. The zero-order valence-electron chi connectivity index (χ0n) is 15.6. The smallest absolute Gasteiger partial charge is 0.270 e. The van der Waals surface area contributed by atoms with E-state index in [9.17, 15) is 13.6 Å². The van der Waals surface area contributed by atoms with Crippen molar-refractivity contribution in [1.29, 1.82) is 0 Å². The van der Waals surface area contributed by atoms with Gasteiger partial charge in [-0.05, 0) is 54.1 Å². The van der Waals surface area contributed by atoms with Crippen molar-refractivity contribution in [3.8, 4) is 16.9 Å². The molecule has 4 nitrogen and oxygen atoms in total. The highest BCUT2D eigenvalue weighted by Crippen LogP contribution is 2.28. The van der Waals surface area contributed by atoms with Gasteiger partial charge in [0.15, 0.2) is 0 Å². The predicted molar refractivity (Wildman–Crippen MR) is 112 cm³/mol. The summed E-state index contributed by atoms with van der Waals surface area (Å²) in [6.45, 7) is 0.217. The summed E-state index contributed by atoms with van der Waals surface area (Å²) in [6.07, 6.45) is 0. The Morgan fingerprint density at radius 2 is 1.57 bits per heavy atom. The molecule has 1 heterocycles. The molecule has 3 aromatic carbocycles. The van der Waals surface area contributed by atoms with Crippen LogP contribution >= 0.6 is 11.6 Å². The van der Waals surface area contributed by atoms with E-state index in [1.807, 2.05) is 6.07 Å². The Bertz CT molecular complexity index is 1190. The first-order valence-electron chi connectivity index (χ1n) is 9.15. The number of hydrogen-bond donors (Lipinski definition) is 1. The Balaban J connectivity index is 1.69. The van der Waals surface area contributed by atoms with Gasteiger partial charge in [0.05, 0.1) is 16.4 Å². The van der Waals surface area contributed by atoms with Crippen LogP contribution < -0.4 is 5.32 Å². The van der Waals surface area contributed by atoms with Gasteiger partial charge >= 0.3 is 0 Å². The van der Waals surface area contributed by atoms with Gasteiger partial charge in [-0.25, -0.2) is 13.5 Å². The lowest BCUT2D eigenvalue weighted by atomic mass is 10.1. The lowest BCUT2D eigenvalue weighted by molar-refractivity contribution is 0.0943. The molecule has 0 atom stereocenters. The quantitative estimate of drug-likeness (QED) is 0.467. The third-order valence-electron chi connectivity index (χ3n) is 4.53. The van der Waals surface area contributed by atoms with Crippen molar-refractivity contribution < 1.29 is 13.6 Å². The van der Waals surface area contributed by atoms with Crippen LogP contribution in [0.5, 0.6) is 0 Å². The van der Waals surface area contributed by atoms with E-state index < -0.39 is 0 Å². The molecule has 4 aromatic rings. The van der Waals surface area contributed by atoms with Crippen LogP contribution in [-0.4, -0.2) is 15.7 Å². The van der Waals surface area contributed by atoms with Crippen molar-refractivity contribution in [2.24, 2.45) is 0 Å². The van der Waals surface area contributed by atoms with Crippen molar-refractivity contribution in [2.75, 3.05) is 0 Å². The molecule has 0 bridgehead atoms. The third-order valence-corrected chi connectivity index (χ3v) is 4.86. The minimum Gasteiger partial charge on any atom is -0.347 e. The van der Waals surface area contributed by atoms with Gasteiger partial charge in [-0.2, -0.15) is 5.10 Å². The van der Waals surface area contributed by atoms with Crippen LogP contribution in [0.25, 0.3) is 16.9 Å². The molecule has 0 aliphatic rings.